The Morgan fingerprint density at radius 3 is 2.47 bits per heavy atom. The van der Waals surface area contributed by atoms with Crippen molar-refractivity contribution in [3.05, 3.63) is 79.5 Å². The van der Waals surface area contributed by atoms with E-state index in [2.05, 4.69) is 47.2 Å². The third-order valence-corrected chi connectivity index (χ3v) is 5.13. The van der Waals surface area contributed by atoms with Gasteiger partial charge in [-0.15, -0.1) is 0 Å². The summed E-state index contributed by atoms with van der Waals surface area (Å²) in [5.74, 6) is 0. The summed E-state index contributed by atoms with van der Waals surface area (Å²) in [5, 5.41) is 9.71. The zero-order chi connectivity index (χ0) is 19.9. The van der Waals surface area contributed by atoms with E-state index in [0.717, 1.165) is 55.8 Å². The molecule has 0 aliphatic heterocycles. The summed E-state index contributed by atoms with van der Waals surface area (Å²) in [5.41, 5.74) is 7.20. The summed E-state index contributed by atoms with van der Waals surface area (Å²) in [6.07, 6.45) is 8.69. The summed E-state index contributed by atoms with van der Waals surface area (Å²) in [4.78, 5) is 21.1. The number of hydrogen-bond acceptors (Lipinski definition) is 5. The molecular formula is C23H15N7. The van der Waals surface area contributed by atoms with Crippen LogP contribution in [-0.4, -0.2) is 35.1 Å². The fraction of sp³-hybridized carbons (Fsp3) is 0. The summed E-state index contributed by atoms with van der Waals surface area (Å²) in [6, 6.07) is 16.0. The van der Waals surface area contributed by atoms with Crippen molar-refractivity contribution in [2.45, 2.75) is 0 Å². The van der Waals surface area contributed by atoms with Gasteiger partial charge in [-0.05, 0) is 36.4 Å². The summed E-state index contributed by atoms with van der Waals surface area (Å²) < 4.78 is 0. The van der Waals surface area contributed by atoms with Gasteiger partial charge >= 0.3 is 0 Å². The average molecular weight is 389 g/mol. The number of aromatic amines is 2. The smallest absolute Gasteiger partial charge is 0.116 e. The molecule has 30 heavy (non-hydrogen) atoms. The number of nitrogens with zero attached hydrogens (tertiary/aromatic N) is 5. The number of aromatic nitrogens is 7. The molecule has 5 heterocycles. The Morgan fingerprint density at radius 2 is 1.60 bits per heavy atom. The maximum Gasteiger partial charge on any atom is 0.116 e. The molecule has 6 aromatic rings. The number of fused-ring (bicyclic) bond motifs is 2. The van der Waals surface area contributed by atoms with Gasteiger partial charge in [0.25, 0.3) is 0 Å². The molecule has 7 heteroatoms. The largest absolute Gasteiger partial charge is 0.353 e. The molecule has 0 aliphatic carbocycles. The van der Waals surface area contributed by atoms with E-state index < -0.39 is 0 Å². The third-order valence-electron chi connectivity index (χ3n) is 5.13. The minimum Gasteiger partial charge on any atom is -0.353 e. The highest BCUT2D eigenvalue weighted by molar-refractivity contribution is 6.00. The number of benzene rings is 1. The Morgan fingerprint density at radius 1 is 0.667 bits per heavy atom. The lowest BCUT2D eigenvalue weighted by atomic mass is 10.1. The van der Waals surface area contributed by atoms with Crippen molar-refractivity contribution >= 4 is 21.8 Å². The highest BCUT2D eigenvalue weighted by Gasteiger charge is 2.15. The molecule has 2 N–H and O–H groups in total. The molecule has 142 valence electrons. The molecule has 0 saturated carbocycles. The fourth-order valence-corrected chi connectivity index (χ4v) is 3.72. The van der Waals surface area contributed by atoms with Crippen molar-refractivity contribution in [1.29, 1.82) is 0 Å². The fourth-order valence-electron chi connectivity index (χ4n) is 3.72. The lowest BCUT2D eigenvalue weighted by Crippen LogP contribution is -1.86. The van der Waals surface area contributed by atoms with Crippen molar-refractivity contribution in [3.8, 4) is 34.0 Å². The van der Waals surface area contributed by atoms with Crippen LogP contribution in [0.1, 0.15) is 0 Å². The zero-order valence-corrected chi connectivity index (χ0v) is 15.7. The van der Waals surface area contributed by atoms with E-state index in [-0.39, 0.29) is 0 Å². The lowest BCUT2D eigenvalue weighted by Gasteiger charge is -2.00. The second-order valence-corrected chi connectivity index (χ2v) is 6.94. The second kappa shape index (κ2) is 6.59. The van der Waals surface area contributed by atoms with Crippen LogP contribution in [0, 0.1) is 0 Å². The maximum atomic E-state index is 4.57. The van der Waals surface area contributed by atoms with Gasteiger partial charge in [-0.25, -0.2) is 0 Å². The quantitative estimate of drug-likeness (QED) is 0.460. The highest BCUT2D eigenvalue weighted by Crippen LogP contribution is 2.33. The molecule has 0 radical (unpaired) electrons. The van der Waals surface area contributed by atoms with Gasteiger partial charge in [0.05, 0.1) is 34.5 Å². The Labute approximate surface area is 170 Å². The SMILES string of the molecule is c1ccc(-c2nccc3[nH]c(-c4n[nH]c5ccc(-c6cnccn6)cc45)cc23)nc1. The first-order chi connectivity index (χ1) is 14.9. The van der Waals surface area contributed by atoms with Crippen LogP contribution in [0.15, 0.2) is 79.5 Å². The molecule has 0 atom stereocenters. The topological polar surface area (TPSA) is 96.0 Å². The molecule has 6 rings (SSSR count). The zero-order valence-electron chi connectivity index (χ0n) is 15.7. The summed E-state index contributed by atoms with van der Waals surface area (Å²) >= 11 is 0. The Balaban J connectivity index is 1.52. The Kier molecular flexibility index (Phi) is 3.64. The van der Waals surface area contributed by atoms with E-state index in [1.165, 1.54) is 0 Å². The van der Waals surface area contributed by atoms with Gasteiger partial charge < -0.3 is 4.98 Å². The first-order valence-corrected chi connectivity index (χ1v) is 9.51. The van der Waals surface area contributed by atoms with E-state index in [9.17, 15) is 0 Å². The van der Waals surface area contributed by atoms with Gasteiger partial charge in [0.2, 0.25) is 0 Å². The van der Waals surface area contributed by atoms with Crippen LogP contribution in [-0.2, 0) is 0 Å². The molecule has 0 bridgehead atoms. The summed E-state index contributed by atoms with van der Waals surface area (Å²) in [7, 11) is 0. The molecule has 0 unspecified atom stereocenters. The lowest BCUT2D eigenvalue weighted by molar-refractivity contribution is 1.12. The second-order valence-electron chi connectivity index (χ2n) is 6.94. The maximum absolute atomic E-state index is 4.57. The molecule has 0 saturated heterocycles. The van der Waals surface area contributed by atoms with E-state index in [4.69, 9.17) is 0 Å². The van der Waals surface area contributed by atoms with Gasteiger partial charge in [-0.3, -0.25) is 25.0 Å². The Hall–Kier alpha value is -4.39. The van der Waals surface area contributed by atoms with Crippen molar-refractivity contribution < 1.29 is 0 Å². The normalized spacial score (nSPS) is 11.3. The van der Waals surface area contributed by atoms with Crippen LogP contribution >= 0.6 is 0 Å². The molecular weight excluding hydrogens is 374 g/mol. The van der Waals surface area contributed by atoms with Crippen LogP contribution in [0.2, 0.25) is 0 Å². The molecule has 1 aromatic carbocycles. The molecule has 0 spiro atoms. The van der Waals surface area contributed by atoms with E-state index >= 15 is 0 Å². The minimum absolute atomic E-state index is 0.824. The molecule has 5 aromatic heterocycles. The first-order valence-electron chi connectivity index (χ1n) is 9.51. The van der Waals surface area contributed by atoms with Crippen LogP contribution in [0.4, 0.5) is 0 Å². The van der Waals surface area contributed by atoms with Gasteiger partial charge in [0, 0.05) is 46.6 Å². The van der Waals surface area contributed by atoms with Crippen molar-refractivity contribution in [2.75, 3.05) is 0 Å². The first kappa shape index (κ1) is 16.6. The number of pyridine rings is 2. The van der Waals surface area contributed by atoms with Crippen molar-refractivity contribution in [3.63, 3.8) is 0 Å². The number of nitrogens with one attached hydrogen (secondary N) is 2. The van der Waals surface area contributed by atoms with Crippen LogP contribution in [0.5, 0.6) is 0 Å². The van der Waals surface area contributed by atoms with Crippen LogP contribution in [0.3, 0.4) is 0 Å². The minimum atomic E-state index is 0.824. The van der Waals surface area contributed by atoms with Gasteiger partial charge in [0.1, 0.15) is 5.69 Å². The monoisotopic (exact) mass is 389 g/mol. The van der Waals surface area contributed by atoms with Gasteiger partial charge in [-0.1, -0.05) is 12.1 Å². The van der Waals surface area contributed by atoms with Crippen molar-refractivity contribution in [1.82, 2.24) is 35.1 Å². The molecule has 7 nitrogen and oxygen atoms in total. The van der Waals surface area contributed by atoms with E-state index in [0.29, 0.717) is 0 Å². The number of rotatable bonds is 3. The molecule has 0 amide bonds. The van der Waals surface area contributed by atoms with Crippen LogP contribution < -0.4 is 0 Å². The number of H-pyrrole nitrogens is 2. The average Bonchev–Trinajstić information content (AvgIpc) is 3.43. The highest BCUT2D eigenvalue weighted by atomic mass is 15.1. The predicted molar refractivity (Wildman–Crippen MR) is 115 cm³/mol. The standard InChI is InChI=1S/C23H15N7/c1-2-7-25-19(3-1)22-16-12-20(28-17(16)6-8-27-22)23-15-11-14(4-5-18(15)29-30-23)21-13-24-9-10-26-21/h1-13,28H,(H,29,30). The summed E-state index contributed by atoms with van der Waals surface area (Å²) in [6.45, 7) is 0. The van der Waals surface area contributed by atoms with E-state index in [1.54, 1.807) is 31.0 Å². The van der Waals surface area contributed by atoms with Gasteiger partial charge in [0.15, 0.2) is 0 Å². The third kappa shape index (κ3) is 2.64. The molecule has 0 fully saturated rings. The van der Waals surface area contributed by atoms with Crippen molar-refractivity contribution in [2.24, 2.45) is 0 Å². The van der Waals surface area contributed by atoms with Crippen LogP contribution in [0.25, 0.3) is 55.8 Å². The molecule has 0 aliphatic rings. The van der Waals surface area contributed by atoms with Gasteiger partial charge in [-0.2, -0.15) is 5.10 Å². The predicted octanol–water partition coefficient (Wildman–Crippen LogP) is 4.63. The number of hydrogen-bond donors (Lipinski definition) is 2. The Bertz CT molecular complexity index is 1480. The van der Waals surface area contributed by atoms with E-state index in [1.807, 2.05) is 36.4 Å².